The van der Waals surface area contributed by atoms with Crippen LogP contribution in [0.5, 0.6) is 0 Å². The molecule has 3 amide bonds. The summed E-state index contributed by atoms with van der Waals surface area (Å²) < 4.78 is 25.0. The second-order valence-corrected chi connectivity index (χ2v) is 12.7. The number of nitrogens with one attached hydrogen (secondary N) is 3. The van der Waals surface area contributed by atoms with E-state index in [9.17, 15) is 32.7 Å². The van der Waals surface area contributed by atoms with Crippen LogP contribution >= 0.6 is 11.8 Å². The number of carbonyl (C=O) groups excluding carboxylic acids is 3. The maximum atomic E-state index is 13.0. The van der Waals surface area contributed by atoms with E-state index in [-0.39, 0.29) is 28.8 Å². The minimum atomic E-state index is -3.59. The van der Waals surface area contributed by atoms with Crippen LogP contribution in [0.25, 0.3) is 0 Å². The summed E-state index contributed by atoms with van der Waals surface area (Å²) in [4.78, 5) is 53.3. The van der Waals surface area contributed by atoms with E-state index in [4.69, 9.17) is 0 Å². The van der Waals surface area contributed by atoms with Gasteiger partial charge in [-0.25, -0.2) is 17.9 Å². The molecule has 0 spiro atoms. The number of thioether (sulfide) groups is 1. The number of rotatable bonds is 9. The quantitative estimate of drug-likeness (QED) is 0.266. The Balaban J connectivity index is 1.72. The molecular weight excluding hydrogens is 498 g/mol. The summed E-state index contributed by atoms with van der Waals surface area (Å²) in [6.07, 6.45) is 1.50. The highest BCUT2D eigenvalue weighted by Gasteiger charge is 2.60. The molecule has 3 rings (SSSR count). The smallest absolute Gasteiger partial charge is 0.353 e. The fourth-order valence-corrected chi connectivity index (χ4v) is 7.21. The van der Waals surface area contributed by atoms with Gasteiger partial charge in [0, 0.05) is 42.8 Å². The number of hydrogen-bond donors (Lipinski definition) is 4. The molecule has 0 aromatic carbocycles. The van der Waals surface area contributed by atoms with E-state index in [1.54, 1.807) is 21.0 Å². The van der Waals surface area contributed by atoms with Gasteiger partial charge < -0.3 is 25.5 Å². The summed E-state index contributed by atoms with van der Waals surface area (Å²) in [6, 6.07) is -2.42. The highest BCUT2D eigenvalue weighted by Crippen LogP contribution is 2.51. The fourth-order valence-electron chi connectivity index (χ4n) is 4.98. The predicted molar refractivity (Wildman–Crippen MR) is 129 cm³/mol. The summed E-state index contributed by atoms with van der Waals surface area (Å²) in [5.41, 5.74) is -0.0400. The lowest BCUT2D eigenvalue weighted by Gasteiger charge is -2.47. The number of hydrogen-bond acceptors (Lipinski definition) is 8. The molecule has 0 bridgehead atoms. The number of carbonyl (C=O) groups is 4. The molecular formula is C21H33N5O7S2. The number of nitrogens with zero attached hydrogens (tertiary/aromatic N) is 2. The molecule has 4 N–H and O–H groups in total. The maximum Gasteiger partial charge on any atom is 0.353 e. The number of aliphatic carboxylic acids is 1. The maximum absolute atomic E-state index is 13.0. The zero-order valence-corrected chi connectivity index (χ0v) is 22.2. The minimum Gasteiger partial charge on any atom is -0.477 e. The molecule has 0 aromatic heterocycles. The zero-order chi connectivity index (χ0) is 26.4. The molecule has 196 valence electrons. The molecule has 0 radical (unpaired) electrons. The average molecular weight is 532 g/mol. The zero-order valence-electron chi connectivity index (χ0n) is 20.6. The van der Waals surface area contributed by atoms with Crippen LogP contribution in [0, 0.1) is 11.8 Å². The van der Waals surface area contributed by atoms with Gasteiger partial charge in [-0.05, 0) is 20.3 Å². The van der Waals surface area contributed by atoms with E-state index in [1.165, 1.54) is 28.5 Å². The van der Waals surface area contributed by atoms with E-state index >= 15 is 0 Å². The molecule has 0 saturated carbocycles. The van der Waals surface area contributed by atoms with Crippen molar-refractivity contribution < 1.29 is 32.7 Å². The second kappa shape index (κ2) is 10.1. The third-order valence-corrected chi connectivity index (χ3v) is 8.90. The highest BCUT2D eigenvalue weighted by atomic mass is 32.2. The Morgan fingerprint density at radius 2 is 1.89 bits per heavy atom. The summed E-state index contributed by atoms with van der Waals surface area (Å²) >= 11 is 1.39. The van der Waals surface area contributed by atoms with Crippen LogP contribution in [0.1, 0.15) is 27.2 Å². The standard InChI is InChI=1S/C21H33N5O7S2/c1-9-15-14(10(2)23-18(27)11(3)24-35(6,32)33)20(29)26(15)16(21(30)31)17(9)34-12-7-13(22-8-12)19(28)25(4)5/h9-15,22,24H,7-8H2,1-6H3,(H,23,27)(H,30,31)/t9-,10-,11+,12+,13+,14-,15-/m1/s1. The van der Waals surface area contributed by atoms with Crippen LogP contribution in [0.3, 0.4) is 0 Å². The van der Waals surface area contributed by atoms with Crippen LogP contribution in [0.4, 0.5) is 0 Å². The molecule has 12 nitrogen and oxygen atoms in total. The van der Waals surface area contributed by atoms with Crippen LogP contribution in [0.2, 0.25) is 0 Å². The van der Waals surface area contributed by atoms with Crippen molar-refractivity contribution in [3.05, 3.63) is 10.6 Å². The van der Waals surface area contributed by atoms with Gasteiger partial charge in [0.15, 0.2) is 0 Å². The first-order valence-corrected chi connectivity index (χ1v) is 14.1. The molecule has 3 heterocycles. The summed E-state index contributed by atoms with van der Waals surface area (Å²) in [5, 5.41) is 15.8. The number of fused-ring (bicyclic) bond motifs is 1. The van der Waals surface area contributed by atoms with Gasteiger partial charge in [-0.1, -0.05) is 6.92 Å². The van der Waals surface area contributed by atoms with Crippen molar-refractivity contribution in [1.82, 2.24) is 25.2 Å². The van der Waals surface area contributed by atoms with Crippen molar-refractivity contribution in [2.24, 2.45) is 11.8 Å². The minimum absolute atomic E-state index is 0.0250. The van der Waals surface area contributed by atoms with Gasteiger partial charge in [-0.3, -0.25) is 14.4 Å². The van der Waals surface area contributed by atoms with Crippen LogP contribution in [-0.4, -0.2) is 103 Å². The van der Waals surface area contributed by atoms with Crippen LogP contribution in [0.15, 0.2) is 10.6 Å². The Kier molecular flexibility index (Phi) is 7.89. The van der Waals surface area contributed by atoms with Crippen molar-refractivity contribution in [3.8, 4) is 0 Å². The molecule has 3 aliphatic heterocycles. The third kappa shape index (κ3) is 5.49. The van der Waals surface area contributed by atoms with Gasteiger partial charge in [-0.2, -0.15) is 0 Å². The monoisotopic (exact) mass is 531 g/mol. The van der Waals surface area contributed by atoms with Gasteiger partial charge in [0.25, 0.3) is 0 Å². The van der Waals surface area contributed by atoms with Crippen molar-refractivity contribution in [1.29, 1.82) is 0 Å². The summed E-state index contributed by atoms with van der Waals surface area (Å²) in [5.74, 6) is -3.11. The molecule has 0 unspecified atom stereocenters. The van der Waals surface area contributed by atoms with Gasteiger partial charge in [0.2, 0.25) is 27.7 Å². The topological polar surface area (TPSA) is 165 Å². The molecule has 2 fully saturated rings. The number of carboxylic acids is 1. The first-order valence-electron chi connectivity index (χ1n) is 11.3. The SMILES string of the molecule is C[C@H](NS(C)(=O)=O)C(=O)N[C@H](C)[C@H]1C(=O)N2C(C(=O)O)=C(S[C@@H]3CN[C@H](C(=O)N(C)C)C3)[C@H](C)[C@H]12. The number of β-lactam (4-membered cyclic amide) rings is 1. The normalized spacial score (nSPS) is 29.9. The van der Waals surface area contributed by atoms with Gasteiger partial charge in [-0.15, -0.1) is 11.8 Å². The van der Waals surface area contributed by atoms with E-state index in [2.05, 4.69) is 15.4 Å². The predicted octanol–water partition coefficient (Wildman–Crippen LogP) is -1.25. The fraction of sp³-hybridized carbons (Fsp3) is 0.714. The molecule has 7 atom stereocenters. The van der Waals surface area contributed by atoms with Gasteiger partial charge >= 0.3 is 5.97 Å². The molecule has 3 aliphatic rings. The number of likely N-dealkylation sites (N-methyl/N-ethyl adjacent to an activating group) is 1. The molecule has 2 saturated heterocycles. The van der Waals surface area contributed by atoms with Crippen LogP contribution < -0.4 is 15.4 Å². The first-order chi connectivity index (χ1) is 16.1. The average Bonchev–Trinajstić information content (AvgIpc) is 3.28. The van der Waals surface area contributed by atoms with E-state index < -0.39 is 51.9 Å². The third-order valence-electron chi connectivity index (χ3n) is 6.61. The summed E-state index contributed by atoms with van der Waals surface area (Å²) in [7, 11) is -0.222. The number of carboxylic acid groups (broad SMARTS) is 1. The Morgan fingerprint density at radius 1 is 1.26 bits per heavy atom. The van der Waals surface area contributed by atoms with Gasteiger partial charge in [0.05, 0.1) is 30.3 Å². The van der Waals surface area contributed by atoms with E-state index in [1.807, 2.05) is 6.92 Å². The van der Waals surface area contributed by atoms with Gasteiger partial charge in [0.1, 0.15) is 5.70 Å². The molecule has 0 aliphatic carbocycles. The summed E-state index contributed by atoms with van der Waals surface area (Å²) in [6.45, 7) is 5.46. The van der Waals surface area contributed by atoms with Crippen molar-refractivity contribution >= 4 is 45.5 Å². The van der Waals surface area contributed by atoms with Crippen molar-refractivity contribution in [3.63, 3.8) is 0 Å². The Labute approximate surface area is 209 Å². The molecule has 14 heteroatoms. The molecule has 0 aromatic rings. The highest BCUT2D eigenvalue weighted by molar-refractivity contribution is 8.03. The lowest BCUT2D eigenvalue weighted by molar-refractivity contribution is -0.158. The molecule has 35 heavy (non-hydrogen) atoms. The van der Waals surface area contributed by atoms with Crippen molar-refractivity contribution in [2.75, 3.05) is 26.9 Å². The lowest BCUT2D eigenvalue weighted by Crippen LogP contribution is -2.66. The van der Waals surface area contributed by atoms with Crippen molar-refractivity contribution in [2.45, 2.75) is 56.6 Å². The Bertz CT molecular complexity index is 1060. The first kappa shape index (κ1) is 27.4. The largest absolute Gasteiger partial charge is 0.477 e. The Morgan fingerprint density at radius 3 is 2.43 bits per heavy atom. The van der Waals surface area contributed by atoms with E-state index in [0.717, 1.165) is 6.26 Å². The number of sulfonamides is 1. The Hall–Kier alpha value is -2.16. The van der Waals surface area contributed by atoms with Crippen LogP contribution in [-0.2, 0) is 29.2 Å². The lowest BCUT2D eigenvalue weighted by atomic mass is 9.78. The second-order valence-electron chi connectivity index (χ2n) is 9.61. The van der Waals surface area contributed by atoms with E-state index in [0.29, 0.717) is 17.9 Å². The number of amides is 3.